The Morgan fingerprint density at radius 1 is 1.00 bits per heavy atom. The summed E-state index contributed by atoms with van der Waals surface area (Å²) in [7, 11) is 0. The number of hydrogen-bond donors (Lipinski definition) is 0. The quantitative estimate of drug-likeness (QED) is 0.825. The van der Waals surface area contributed by atoms with E-state index in [0.29, 0.717) is 5.54 Å². The minimum Gasteiger partial charge on any atom is -0.379 e. The van der Waals surface area contributed by atoms with E-state index < -0.39 is 0 Å². The van der Waals surface area contributed by atoms with E-state index in [1.165, 1.54) is 32.1 Å². The molecule has 1 aromatic rings. The molecule has 0 atom stereocenters. The van der Waals surface area contributed by atoms with Crippen LogP contribution in [0.4, 0.5) is 0 Å². The minimum atomic E-state index is 0.366. The second kappa shape index (κ2) is 4.81. The first kappa shape index (κ1) is 13.1. The van der Waals surface area contributed by atoms with Crippen molar-refractivity contribution in [2.45, 2.75) is 37.6 Å². The highest BCUT2D eigenvalue weighted by atomic mass is 32.1. The Hall–Kier alpha value is -0.380. The average Bonchev–Trinajstić information content (AvgIpc) is 3.02. The third-order valence-corrected chi connectivity index (χ3v) is 7.84. The van der Waals surface area contributed by atoms with E-state index in [2.05, 4.69) is 22.4 Å². The lowest BCUT2D eigenvalue weighted by molar-refractivity contribution is -0.160. The number of thiophene rings is 1. The second-order valence-electron chi connectivity index (χ2n) is 7.71. The van der Waals surface area contributed by atoms with Crippen LogP contribution in [0.1, 0.15) is 37.0 Å². The van der Waals surface area contributed by atoms with Crippen LogP contribution in [0.2, 0.25) is 0 Å². The molecule has 114 valence electrons. The van der Waals surface area contributed by atoms with E-state index in [0.717, 1.165) is 50.0 Å². The van der Waals surface area contributed by atoms with Crippen molar-refractivity contribution in [3.63, 3.8) is 0 Å². The first-order valence-electron chi connectivity index (χ1n) is 8.74. The average molecular weight is 303 g/mol. The molecule has 0 spiro atoms. The van der Waals surface area contributed by atoms with Gasteiger partial charge in [0.25, 0.3) is 0 Å². The summed E-state index contributed by atoms with van der Waals surface area (Å²) in [6, 6.07) is 4.70. The molecule has 0 N–H and O–H groups in total. The number of ether oxygens (including phenoxy) is 1. The molecule has 0 amide bonds. The maximum absolute atomic E-state index is 5.67. The summed E-state index contributed by atoms with van der Waals surface area (Å²) < 4.78 is 5.67. The third kappa shape index (κ3) is 1.77. The molecule has 1 aromatic heterocycles. The monoisotopic (exact) mass is 303 g/mol. The van der Waals surface area contributed by atoms with Crippen molar-refractivity contribution in [2.24, 2.45) is 23.7 Å². The lowest BCUT2D eigenvalue weighted by Crippen LogP contribution is -2.65. The molecule has 6 rings (SSSR count). The van der Waals surface area contributed by atoms with Gasteiger partial charge < -0.3 is 4.74 Å². The zero-order chi connectivity index (χ0) is 13.9. The summed E-state index contributed by atoms with van der Waals surface area (Å²) in [6.45, 7) is 4.14. The lowest BCUT2D eigenvalue weighted by Gasteiger charge is -2.65. The van der Waals surface area contributed by atoms with E-state index in [-0.39, 0.29) is 0 Å². The molecule has 5 fully saturated rings. The predicted molar refractivity (Wildman–Crippen MR) is 85.4 cm³/mol. The van der Waals surface area contributed by atoms with E-state index in [1.54, 1.807) is 4.88 Å². The SMILES string of the molecule is c1csc(C2(N3CCOCC3)C3CC4CC(C3)CC2C4)c1. The molecule has 4 bridgehead atoms. The number of nitrogens with zero attached hydrogens (tertiary/aromatic N) is 1. The van der Waals surface area contributed by atoms with E-state index >= 15 is 0 Å². The van der Waals surface area contributed by atoms with Crippen LogP contribution >= 0.6 is 11.3 Å². The van der Waals surface area contributed by atoms with E-state index in [1.807, 2.05) is 11.3 Å². The molecule has 4 saturated carbocycles. The number of morpholine rings is 1. The molecule has 1 aliphatic heterocycles. The zero-order valence-electron chi connectivity index (χ0n) is 12.7. The Morgan fingerprint density at radius 2 is 1.67 bits per heavy atom. The standard InChI is InChI=1S/C18H25NOS/c1-2-17(21-7-1)18(19-3-5-20-6-4-19)15-9-13-8-14(11-15)12-16(18)10-13/h1-2,7,13-16H,3-6,8-12H2. The fraction of sp³-hybridized carbons (Fsp3) is 0.778. The van der Waals surface area contributed by atoms with Gasteiger partial charge in [0.2, 0.25) is 0 Å². The maximum atomic E-state index is 5.67. The lowest BCUT2D eigenvalue weighted by atomic mass is 9.47. The highest BCUT2D eigenvalue weighted by Crippen LogP contribution is 2.64. The van der Waals surface area contributed by atoms with Gasteiger partial charge in [-0.2, -0.15) is 0 Å². The van der Waals surface area contributed by atoms with Crippen LogP contribution in [0.3, 0.4) is 0 Å². The van der Waals surface area contributed by atoms with Gasteiger partial charge in [-0.05, 0) is 67.2 Å². The van der Waals surface area contributed by atoms with Gasteiger partial charge in [0.15, 0.2) is 0 Å². The van der Waals surface area contributed by atoms with Gasteiger partial charge in [-0.1, -0.05) is 6.07 Å². The van der Waals surface area contributed by atoms with Crippen LogP contribution in [0.15, 0.2) is 17.5 Å². The number of rotatable bonds is 2. The van der Waals surface area contributed by atoms with Crippen molar-refractivity contribution in [2.75, 3.05) is 26.3 Å². The molecule has 21 heavy (non-hydrogen) atoms. The first-order chi connectivity index (χ1) is 10.4. The van der Waals surface area contributed by atoms with E-state index in [4.69, 9.17) is 4.74 Å². The summed E-state index contributed by atoms with van der Waals surface area (Å²) in [6.07, 6.45) is 7.49. The third-order valence-electron chi connectivity index (χ3n) is 6.83. The van der Waals surface area contributed by atoms with Gasteiger partial charge in [0.05, 0.1) is 18.8 Å². The van der Waals surface area contributed by atoms with Gasteiger partial charge in [-0.25, -0.2) is 0 Å². The summed E-state index contributed by atoms with van der Waals surface area (Å²) >= 11 is 2.01. The van der Waals surface area contributed by atoms with Crippen molar-refractivity contribution in [3.05, 3.63) is 22.4 Å². The molecule has 4 aliphatic carbocycles. The fourth-order valence-electron chi connectivity index (χ4n) is 6.42. The molecular formula is C18H25NOS. The predicted octanol–water partition coefficient (Wildman–Crippen LogP) is 3.73. The second-order valence-corrected chi connectivity index (χ2v) is 8.65. The van der Waals surface area contributed by atoms with Gasteiger partial charge in [-0.15, -0.1) is 11.3 Å². The molecule has 3 heteroatoms. The van der Waals surface area contributed by atoms with Crippen LogP contribution < -0.4 is 0 Å². The molecule has 0 unspecified atom stereocenters. The maximum Gasteiger partial charge on any atom is 0.0612 e. The van der Waals surface area contributed by atoms with Gasteiger partial charge in [-0.3, -0.25) is 4.90 Å². The highest BCUT2D eigenvalue weighted by molar-refractivity contribution is 7.10. The van der Waals surface area contributed by atoms with Gasteiger partial charge in [0.1, 0.15) is 0 Å². The minimum absolute atomic E-state index is 0.366. The molecule has 0 radical (unpaired) electrons. The molecule has 1 saturated heterocycles. The molecule has 2 heterocycles. The Labute approximate surface area is 131 Å². The van der Waals surface area contributed by atoms with Gasteiger partial charge >= 0.3 is 0 Å². The van der Waals surface area contributed by atoms with Crippen molar-refractivity contribution in [1.29, 1.82) is 0 Å². The smallest absolute Gasteiger partial charge is 0.0612 e. The normalized spacial score (nSPS) is 46.1. The molecular weight excluding hydrogens is 278 g/mol. The van der Waals surface area contributed by atoms with Gasteiger partial charge in [0, 0.05) is 18.0 Å². The van der Waals surface area contributed by atoms with Crippen molar-refractivity contribution < 1.29 is 4.74 Å². The zero-order valence-corrected chi connectivity index (χ0v) is 13.5. The van der Waals surface area contributed by atoms with Crippen molar-refractivity contribution in [3.8, 4) is 0 Å². The Bertz CT molecular complexity index is 472. The summed E-state index contributed by atoms with van der Waals surface area (Å²) in [5.74, 6) is 3.90. The van der Waals surface area contributed by atoms with Crippen LogP contribution in [0.25, 0.3) is 0 Å². The summed E-state index contributed by atoms with van der Waals surface area (Å²) in [5, 5.41) is 2.29. The topological polar surface area (TPSA) is 12.5 Å². The Balaban J connectivity index is 1.62. The molecule has 0 aromatic carbocycles. The van der Waals surface area contributed by atoms with Crippen molar-refractivity contribution in [1.82, 2.24) is 4.90 Å². The van der Waals surface area contributed by atoms with Crippen LogP contribution in [-0.2, 0) is 10.3 Å². The van der Waals surface area contributed by atoms with E-state index in [9.17, 15) is 0 Å². The highest BCUT2D eigenvalue weighted by Gasteiger charge is 2.60. The Kier molecular flexibility index (Phi) is 3.00. The molecule has 2 nitrogen and oxygen atoms in total. The molecule has 5 aliphatic rings. The number of hydrogen-bond acceptors (Lipinski definition) is 3. The van der Waals surface area contributed by atoms with Crippen LogP contribution in [0.5, 0.6) is 0 Å². The Morgan fingerprint density at radius 3 is 2.24 bits per heavy atom. The first-order valence-corrected chi connectivity index (χ1v) is 9.62. The summed E-state index contributed by atoms with van der Waals surface area (Å²) in [4.78, 5) is 4.51. The van der Waals surface area contributed by atoms with Crippen LogP contribution in [-0.4, -0.2) is 31.2 Å². The largest absolute Gasteiger partial charge is 0.379 e. The summed E-state index contributed by atoms with van der Waals surface area (Å²) in [5.41, 5.74) is 0.366. The van der Waals surface area contributed by atoms with Crippen LogP contribution in [0, 0.1) is 23.7 Å². The fourth-order valence-corrected chi connectivity index (χ4v) is 7.53. The van der Waals surface area contributed by atoms with Crippen molar-refractivity contribution >= 4 is 11.3 Å².